The van der Waals surface area contributed by atoms with Crippen LogP contribution in [0.2, 0.25) is 0 Å². The summed E-state index contributed by atoms with van der Waals surface area (Å²) in [5.74, 6) is -0.660. The Bertz CT molecular complexity index is 1100. The van der Waals surface area contributed by atoms with Crippen molar-refractivity contribution >= 4 is 17.8 Å². The Balaban J connectivity index is 1.57. The van der Waals surface area contributed by atoms with E-state index in [1.54, 1.807) is 11.0 Å². The van der Waals surface area contributed by atoms with Crippen LogP contribution in [0.1, 0.15) is 37.4 Å². The number of morpholine rings is 1. The molecule has 7 nitrogen and oxygen atoms in total. The molecule has 0 radical (unpaired) electrons. The predicted molar refractivity (Wildman–Crippen MR) is 139 cm³/mol. The van der Waals surface area contributed by atoms with Crippen LogP contribution in [-0.4, -0.2) is 72.1 Å². The van der Waals surface area contributed by atoms with Crippen molar-refractivity contribution in [2.24, 2.45) is 0 Å². The molecule has 1 saturated heterocycles. The van der Waals surface area contributed by atoms with Crippen LogP contribution in [0.15, 0.2) is 72.0 Å². The summed E-state index contributed by atoms with van der Waals surface area (Å²) >= 11 is 0. The number of carbonyl (C=O) groups is 2. The van der Waals surface area contributed by atoms with Gasteiger partial charge in [0.2, 0.25) is 0 Å². The Labute approximate surface area is 212 Å². The van der Waals surface area contributed by atoms with Crippen LogP contribution in [0, 0.1) is 0 Å². The van der Waals surface area contributed by atoms with Gasteiger partial charge in [0.25, 0.3) is 5.91 Å². The Hall–Kier alpha value is -3.42. The Morgan fingerprint density at radius 3 is 2.44 bits per heavy atom. The van der Waals surface area contributed by atoms with E-state index in [0.717, 1.165) is 37.2 Å². The average Bonchev–Trinajstić information content (AvgIpc) is 3.14. The van der Waals surface area contributed by atoms with Gasteiger partial charge in [0.05, 0.1) is 30.9 Å². The molecule has 36 heavy (non-hydrogen) atoms. The molecule has 2 heterocycles. The first kappa shape index (κ1) is 25.7. The van der Waals surface area contributed by atoms with Crippen LogP contribution in [-0.2, 0) is 14.3 Å². The van der Waals surface area contributed by atoms with Gasteiger partial charge in [-0.3, -0.25) is 14.5 Å². The molecule has 4 rings (SSSR count). The molecule has 1 N–H and O–H groups in total. The molecule has 1 amide bonds. The van der Waals surface area contributed by atoms with Crippen LogP contribution in [0.25, 0.3) is 6.08 Å². The van der Waals surface area contributed by atoms with Crippen molar-refractivity contribution in [3.05, 3.63) is 83.1 Å². The molecular formula is C29H34N2O5. The summed E-state index contributed by atoms with van der Waals surface area (Å²) in [6.45, 7) is 8.31. The largest absolute Gasteiger partial charge is 0.503 e. The Kier molecular flexibility index (Phi) is 8.57. The number of carbonyl (C=O) groups excluding carboxylic acids is 2. The molecule has 0 spiro atoms. The van der Waals surface area contributed by atoms with E-state index in [9.17, 15) is 14.7 Å². The monoisotopic (exact) mass is 490 g/mol. The summed E-state index contributed by atoms with van der Waals surface area (Å²) in [6, 6.07) is 16.2. The van der Waals surface area contributed by atoms with Crippen molar-refractivity contribution in [2.45, 2.75) is 32.4 Å². The normalized spacial score (nSPS) is 19.0. The van der Waals surface area contributed by atoms with Gasteiger partial charge in [0, 0.05) is 26.2 Å². The fraction of sp³-hybridized carbons (Fsp3) is 0.379. The van der Waals surface area contributed by atoms with Crippen molar-refractivity contribution in [1.82, 2.24) is 9.80 Å². The summed E-state index contributed by atoms with van der Waals surface area (Å²) in [7, 11) is 0. The molecule has 0 saturated carbocycles. The minimum atomic E-state index is -0.664. The van der Waals surface area contributed by atoms with Gasteiger partial charge in [-0.2, -0.15) is 0 Å². The second kappa shape index (κ2) is 12.0. The van der Waals surface area contributed by atoms with Gasteiger partial charge < -0.3 is 19.5 Å². The molecule has 1 atom stereocenters. The van der Waals surface area contributed by atoms with Crippen molar-refractivity contribution in [2.75, 3.05) is 39.4 Å². The molecule has 2 aliphatic heterocycles. The smallest absolute Gasteiger partial charge is 0.290 e. The molecule has 0 aromatic heterocycles. The molecule has 2 aromatic carbocycles. The van der Waals surface area contributed by atoms with Gasteiger partial charge in [-0.25, -0.2) is 0 Å². The molecular weight excluding hydrogens is 456 g/mol. The first-order valence-electron chi connectivity index (χ1n) is 12.5. The number of hydrogen-bond acceptors (Lipinski definition) is 6. The number of hydrogen-bond donors (Lipinski definition) is 1. The minimum absolute atomic E-state index is 0.0322. The molecule has 0 aliphatic carbocycles. The van der Waals surface area contributed by atoms with Crippen molar-refractivity contribution < 1.29 is 24.2 Å². The van der Waals surface area contributed by atoms with E-state index >= 15 is 0 Å². The van der Waals surface area contributed by atoms with E-state index in [4.69, 9.17) is 9.47 Å². The zero-order chi connectivity index (χ0) is 25.5. The first-order chi connectivity index (χ1) is 17.4. The number of aliphatic hydroxyl groups excluding tert-OH is 1. The van der Waals surface area contributed by atoms with E-state index in [1.807, 2.05) is 68.4 Å². The number of ketones is 1. The summed E-state index contributed by atoms with van der Waals surface area (Å²) in [5, 5.41) is 10.8. The quantitative estimate of drug-likeness (QED) is 0.504. The second-order valence-electron chi connectivity index (χ2n) is 9.31. The van der Waals surface area contributed by atoms with Gasteiger partial charge >= 0.3 is 0 Å². The average molecular weight is 491 g/mol. The highest BCUT2D eigenvalue weighted by molar-refractivity contribution is 6.14. The predicted octanol–water partition coefficient (Wildman–Crippen LogP) is 4.17. The number of ether oxygens (including phenoxy) is 2. The highest BCUT2D eigenvalue weighted by Crippen LogP contribution is 2.38. The molecule has 1 unspecified atom stereocenters. The fourth-order valence-electron chi connectivity index (χ4n) is 4.60. The van der Waals surface area contributed by atoms with Gasteiger partial charge in [-0.05, 0) is 49.6 Å². The van der Waals surface area contributed by atoms with Crippen LogP contribution >= 0.6 is 0 Å². The maximum Gasteiger partial charge on any atom is 0.290 e. The van der Waals surface area contributed by atoms with E-state index in [2.05, 4.69) is 4.90 Å². The molecule has 2 aromatic rings. The number of allylic oxidation sites excluding steroid dienone is 1. The lowest BCUT2D eigenvalue weighted by Gasteiger charge is -2.30. The molecule has 2 aliphatic rings. The maximum atomic E-state index is 13.3. The summed E-state index contributed by atoms with van der Waals surface area (Å²) in [5.41, 5.74) is 1.73. The van der Waals surface area contributed by atoms with Gasteiger partial charge in [-0.1, -0.05) is 48.5 Å². The Morgan fingerprint density at radius 1 is 1.08 bits per heavy atom. The van der Waals surface area contributed by atoms with Crippen LogP contribution in [0.4, 0.5) is 0 Å². The lowest BCUT2D eigenvalue weighted by Crippen LogP contribution is -2.39. The molecule has 1 fully saturated rings. The third kappa shape index (κ3) is 6.22. The lowest BCUT2D eigenvalue weighted by atomic mass is 9.95. The van der Waals surface area contributed by atoms with Gasteiger partial charge in [-0.15, -0.1) is 0 Å². The molecule has 0 bridgehead atoms. The van der Waals surface area contributed by atoms with E-state index in [-0.39, 0.29) is 17.5 Å². The topological polar surface area (TPSA) is 79.3 Å². The highest BCUT2D eigenvalue weighted by Gasteiger charge is 2.42. The summed E-state index contributed by atoms with van der Waals surface area (Å²) in [6.07, 6.45) is 3.88. The van der Waals surface area contributed by atoms with Crippen molar-refractivity contribution in [1.29, 1.82) is 0 Å². The number of nitrogens with zero attached hydrogens (tertiary/aromatic N) is 2. The Morgan fingerprint density at radius 2 is 1.78 bits per heavy atom. The zero-order valence-corrected chi connectivity index (χ0v) is 20.9. The zero-order valence-electron chi connectivity index (χ0n) is 20.9. The number of amides is 1. The highest BCUT2D eigenvalue weighted by atomic mass is 16.5. The van der Waals surface area contributed by atoms with Gasteiger partial charge in [0.1, 0.15) is 5.75 Å². The third-order valence-corrected chi connectivity index (χ3v) is 6.34. The van der Waals surface area contributed by atoms with E-state index < -0.39 is 17.7 Å². The standard InChI is InChI=1S/C29H34N2O5/c1-21(2)36-24-12-10-23(11-13-24)27-26(25(32)14-9-22-7-4-3-5-8-22)28(33)29(34)31(27)16-6-15-30-17-19-35-20-18-30/h3-5,7-14,21,27,33H,6,15-20H2,1-2H3/b14-9+. The van der Waals surface area contributed by atoms with Crippen molar-refractivity contribution in [3.63, 3.8) is 0 Å². The second-order valence-corrected chi connectivity index (χ2v) is 9.31. The minimum Gasteiger partial charge on any atom is -0.503 e. The maximum absolute atomic E-state index is 13.3. The summed E-state index contributed by atoms with van der Waals surface area (Å²) in [4.78, 5) is 30.4. The van der Waals surface area contributed by atoms with Crippen LogP contribution in [0.3, 0.4) is 0 Å². The van der Waals surface area contributed by atoms with Gasteiger partial charge in [0.15, 0.2) is 11.5 Å². The van der Waals surface area contributed by atoms with E-state index in [1.165, 1.54) is 6.08 Å². The van der Waals surface area contributed by atoms with E-state index in [0.29, 0.717) is 25.5 Å². The SMILES string of the molecule is CC(C)Oc1ccc(C2C(C(=O)/C=C/c3ccccc3)=C(O)C(=O)N2CCCN2CCOCC2)cc1. The lowest BCUT2D eigenvalue weighted by molar-refractivity contribution is -0.129. The first-order valence-corrected chi connectivity index (χ1v) is 12.5. The fourth-order valence-corrected chi connectivity index (χ4v) is 4.60. The van der Waals surface area contributed by atoms with Crippen molar-refractivity contribution in [3.8, 4) is 5.75 Å². The third-order valence-electron chi connectivity index (χ3n) is 6.34. The number of aliphatic hydroxyl groups is 1. The number of rotatable bonds is 10. The van der Waals surface area contributed by atoms with Crippen LogP contribution in [0.5, 0.6) is 5.75 Å². The summed E-state index contributed by atoms with van der Waals surface area (Å²) < 4.78 is 11.2. The molecule has 190 valence electrons. The molecule has 7 heteroatoms. The van der Waals surface area contributed by atoms with Crippen LogP contribution < -0.4 is 4.74 Å². The number of benzene rings is 2.